The van der Waals surface area contributed by atoms with Crippen LogP contribution < -0.4 is 5.32 Å². The highest BCUT2D eigenvalue weighted by molar-refractivity contribution is 5.96. The van der Waals surface area contributed by atoms with Crippen LogP contribution in [0, 0.1) is 11.8 Å². The third-order valence-electron chi connectivity index (χ3n) is 5.10. The summed E-state index contributed by atoms with van der Waals surface area (Å²) in [6, 6.07) is -0.598. The number of nitrogens with one attached hydrogen (secondary N) is 1. The Hall–Kier alpha value is -1.06. The lowest BCUT2D eigenvalue weighted by molar-refractivity contribution is -0.151. The first kappa shape index (κ1) is 16.3. The third kappa shape index (κ3) is 3.78. The number of carbonyl (C=O) groups excluding carboxylic acids is 2. The highest BCUT2D eigenvalue weighted by Gasteiger charge is 2.42. The summed E-state index contributed by atoms with van der Waals surface area (Å²) in [5.41, 5.74) is 0. The number of hydrogen-bond donors (Lipinski definition) is 1. The summed E-state index contributed by atoms with van der Waals surface area (Å²) in [4.78, 5) is 26.9. The second kappa shape index (κ2) is 7.28. The summed E-state index contributed by atoms with van der Waals surface area (Å²) in [6.45, 7) is 6.90. The molecule has 3 unspecified atom stereocenters. The van der Waals surface area contributed by atoms with E-state index in [2.05, 4.69) is 19.2 Å². The van der Waals surface area contributed by atoms with Gasteiger partial charge in [0.1, 0.15) is 12.1 Å². The molecule has 1 heterocycles. The molecule has 1 saturated heterocycles. The summed E-state index contributed by atoms with van der Waals surface area (Å²) >= 11 is 0. The third-order valence-corrected chi connectivity index (χ3v) is 5.10. The molecule has 1 aliphatic heterocycles. The van der Waals surface area contributed by atoms with E-state index in [1.165, 1.54) is 19.3 Å². The highest BCUT2D eigenvalue weighted by Crippen LogP contribution is 2.29. The lowest BCUT2D eigenvalue weighted by Gasteiger charge is -2.42. The molecule has 120 valence electrons. The molecular weight excluding hydrogens is 264 g/mol. The average Bonchev–Trinajstić information content (AvgIpc) is 2.48. The van der Waals surface area contributed by atoms with Gasteiger partial charge in [0, 0.05) is 6.54 Å². The first-order valence-electron chi connectivity index (χ1n) is 8.65. The van der Waals surface area contributed by atoms with E-state index in [-0.39, 0.29) is 23.9 Å². The molecule has 1 saturated carbocycles. The fourth-order valence-corrected chi connectivity index (χ4v) is 3.80. The van der Waals surface area contributed by atoms with Gasteiger partial charge in [0.05, 0.1) is 0 Å². The van der Waals surface area contributed by atoms with E-state index in [1.54, 1.807) is 0 Å². The Morgan fingerprint density at radius 1 is 1.24 bits per heavy atom. The van der Waals surface area contributed by atoms with Crippen LogP contribution in [0.3, 0.4) is 0 Å². The van der Waals surface area contributed by atoms with Gasteiger partial charge >= 0.3 is 0 Å². The van der Waals surface area contributed by atoms with Crippen molar-refractivity contribution in [1.29, 1.82) is 0 Å². The molecule has 0 radical (unpaired) electrons. The Kier molecular flexibility index (Phi) is 5.65. The maximum atomic E-state index is 12.8. The Morgan fingerprint density at radius 2 is 1.90 bits per heavy atom. The summed E-state index contributed by atoms with van der Waals surface area (Å²) in [5.74, 6) is 0.969. The number of hydrogen-bond acceptors (Lipinski definition) is 2. The van der Waals surface area contributed by atoms with E-state index in [4.69, 9.17) is 0 Å². The molecule has 0 aromatic rings. The van der Waals surface area contributed by atoms with Crippen LogP contribution >= 0.6 is 0 Å². The predicted molar refractivity (Wildman–Crippen MR) is 83.8 cm³/mol. The monoisotopic (exact) mass is 294 g/mol. The molecule has 0 aromatic carbocycles. The van der Waals surface area contributed by atoms with Crippen LogP contribution in [0.4, 0.5) is 0 Å². The molecule has 0 spiro atoms. The molecule has 2 aliphatic rings. The smallest absolute Gasteiger partial charge is 0.246 e. The molecule has 3 atom stereocenters. The lowest BCUT2D eigenvalue weighted by atomic mass is 9.82. The van der Waals surface area contributed by atoms with Crippen molar-refractivity contribution >= 4 is 11.8 Å². The minimum Gasteiger partial charge on any atom is -0.342 e. The Labute approximate surface area is 128 Å². The first-order valence-corrected chi connectivity index (χ1v) is 8.65. The zero-order chi connectivity index (χ0) is 15.4. The predicted octanol–water partition coefficient (Wildman–Crippen LogP) is 2.72. The second-order valence-corrected chi connectivity index (χ2v) is 6.94. The van der Waals surface area contributed by atoms with Gasteiger partial charge in [-0.15, -0.1) is 0 Å². The van der Waals surface area contributed by atoms with Crippen molar-refractivity contribution in [3.05, 3.63) is 0 Å². The van der Waals surface area contributed by atoms with Crippen LogP contribution in [-0.4, -0.2) is 35.3 Å². The molecule has 1 aliphatic carbocycles. The van der Waals surface area contributed by atoms with Crippen molar-refractivity contribution in [1.82, 2.24) is 10.2 Å². The van der Waals surface area contributed by atoms with Crippen molar-refractivity contribution in [2.24, 2.45) is 11.8 Å². The molecule has 1 N–H and O–H groups in total. The van der Waals surface area contributed by atoms with Gasteiger partial charge in [-0.25, -0.2) is 0 Å². The summed E-state index contributed by atoms with van der Waals surface area (Å²) in [5, 5.41) is 2.99. The lowest BCUT2D eigenvalue weighted by Crippen LogP contribution is -2.65. The van der Waals surface area contributed by atoms with Crippen LogP contribution in [0.5, 0.6) is 0 Å². The van der Waals surface area contributed by atoms with Crippen LogP contribution in [0.2, 0.25) is 0 Å². The van der Waals surface area contributed by atoms with Crippen molar-refractivity contribution in [3.8, 4) is 0 Å². The number of piperazine rings is 1. The summed E-state index contributed by atoms with van der Waals surface area (Å²) < 4.78 is 0. The van der Waals surface area contributed by atoms with Crippen molar-refractivity contribution < 1.29 is 9.59 Å². The van der Waals surface area contributed by atoms with Gasteiger partial charge in [0.25, 0.3) is 0 Å². The molecule has 2 amide bonds. The maximum absolute atomic E-state index is 12.8. The van der Waals surface area contributed by atoms with E-state index < -0.39 is 0 Å². The van der Waals surface area contributed by atoms with E-state index in [0.29, 0.717) is 18.4 Å². The number of rotatable bonds is 5. The molecule has 21 heavy (non-hydrogen) atoms. The maximum Gasteiger partial charge on any atom is 0.246 e. The average molecular weight is 294 g/mol. The molecule has 4 nitrogen and oxygen atoms in total. The highest BCUT2D eigenvalue weighted by atomic mass is 16.2. The van der Waals surface area contributed by atoms with Gasteiger partial charge in [-0.05, 0) is 38.0 Å². The SMILES string of the molecule is CCCC(C)CN1C(=O)C(C2CCCCC2)NC(=O)C1C. The van der Waals surface area contributed by atoms with Crippen LogP contribution in [0.25, 0.3) is 0 Å². The Balaban J connectivity index is 2.07. The number of carbonyl (C=O) groups is 2. The van der Waals surface area contributed by atoms with E-state index >= 15 is 0 Å². The Bertz CT molecular complexity index is 377. The van der Waals surface area contributed by atoms with Crippen molar-refractivity contribution in [2.45, 2.75) is 77.8 Å². The fourth-order valence-electron chi connectivity index (χ4n) is 3.80. The van der Waals surface area contributed by atoms with Gasteiger partial charge in [0.15, 0.2) is 0 Å². The largest absolute Gasteiger partial charge is 0.342 e. The van der Waals surface area contributed by atoms with Crippen LogP contribution in [0.1, 0.15) is 65.7 Å². The second-order valence-electron chi connectivity index (χ2n) is 6.94. The Morgan fingerprint density at radius 3 is 2.52 bits per heavy atom. The standard InChI is InChI=1S/C17H30N2O2/c1-4-8-12(2)11-19-13(3)16(20)18-15(17(19)21)14-9-6-5-7-10-14/h12-15H,4-11H2,1-3H3,(H,18,20). The zero-order valence-corrected chi connectivity index (χ0v) is 13.7. The van der Waals surface area contributed by atoms with Crippen LogP contribution in [0.15, 0.2) is 0 Å². The fraction of sp³-hybridized carbons (Fsp3) is 0.882. The molecule has 2 fully saturated rings. The van der Waals surface area contributed by atoms with E-state index in [0.717, 1.165) is 25.7 Å². The van der Waals surface area contributed by atoms with Gasteiger partial charge in [-0.1, -0.05) is 39.5 Å². The molecule has 0 aromatic heterocycles. The minimum atomic E-state index is -0.323. The van der Waals surface area contributed by atoms with Crippen LogP contribution in [-0.2, 0) is 9.59 Å². The van der Waals surface area contributed by atoms with Gasteiger partial charge in [-0.2, -0.15) is 0 Å². The van der Waals surface area contributed by atoms with E-state index in [9.17, 15) is 9.59 Å². The number of amides is 2. The summed E-state index contributed by atoms with van der Waals surface area (Å²) in [7, 11) is 0. The quantitative estimate of drug-likeness (QED) is 0.847. The topological polar surface area (TPSA) is 49.4 Å². The molecule has 4 heteroatoms. The minimum absolute atomic E-state index is 0.0221. The molecular formula is C17H30N2O2. The molecule has 2 rings (SSSR count). The number of nitrogens with zero attached hydrogens (tertiary/aromatic N) is 1. The van der Waals surface area contributed by atoms with E-state index in [1.807, 2.05) is 11.8 Å². The van der Waals surface area contributed by atoms with Gasteiger partial charge in [-0.3, -0.25) is 9.59 Å². The normalized spacial score (nSPS) is 29.4. The van der Waals surface area contributed by atoms with Gasteiger partial charge < -0.3 is 10.2 Å². The van der Waals surface area contributed by atoms with Gasteiger partial charge in [0.2, 0.25) is 11.8 Å². The summed E-state index contributed by atoms with van der Waals surface area (Å²) in [6.07, 6.45) is 8.01. The molecule has 0 bridgehead atoms. The van der Waals surface area contributed by atoms with Crippen molar-refractivity contribution in [3.63, 3.8) is 0 Å². The zero-order valence-electron chi connectivity index (χ0n) is 13.7. The first-order chi connectivity index (χ1) is 10.0. The van der Waals surface area contributed by atoms with Crippen molar-refractivity contribution in [2.75, 3.05) is 6.54 Å².